The highest BCUT2D eigenvalue weighted by Crippen LogP contribution is 2.48. The van der Waals surface area contributed by atoms with E-state index in [2.05, 4.69) is 308 Å². The van der Waals surface area contributed by atoms with Gasteiger partial charge in [0.1, 0.15) is 46.0 Å². The molecular weight excluding hydrogens is 1490 g/mol. The number of hydrogen-bond donors (Lipinski definition) is 0. The van der Waals surface area contributed by atoms with Crippen molar-refractivity contribution in [1.29, 1.82) is 0 Å². The quantitative estimate of drug-likeness (QED) is 0.0483. The van der Waals surface area contributed by atoms with E-state index in [-0.39, 0.29) is 0 Å². The van der Waals surface area contributed by atoms with Gasteiger partial charge >= 0.3 is 0 Å². The van der Waals surface area contributed by atoms with Gasteiger partial charge in [0.25, 0.3) is 0 Å². The predicted octanol–water partition coefficient (Wildman–Crippen LogP) is 26.8. The molecule has 0 radical (unpaired) electrons. The van der Waals surface area contributed by atoms with E-state index in [0.717, 1.165) is 203 Å². The van der Waals surface area contributed by atoms with Gasteiger partial charge in [-0.3, -0.25) is 0 Å². The van der Waals surface area contributed by atoms with Crippen molar-refractivity contribution in [3.05, 3.63) is 398 Å². The number of ether oxygens (including phenoxy) is 8. The molecule has 588 valence electrons. The number of fused-ring (bicyclic) bond motifs is 6. The van der Waals surface area contributed by atoms with Crippen LogP contribution in [0.2, 0.25) is 0 Å². The van der Waals surface area contributed by atoms with Crippen LogP contribution in [0.1, 0.15) is 22.3 Å². The zero-order valence-corrected chi connectivity index (χ0v) is 67.7. The maximum absolute atomic E-state index is 5.71. The largest absolute Gasteiger partial charge is 0.497 e. The number of hydrogen-bond acceptors (Lipinski definition) is 12. The Balaban J connectivity index is 0.840. The molecule has 120 heavy (non-hydrogen) atoms. The lowest BCUT2D eigenvalue weighted by Gasteiger charge is -2.26. The number of nitrogens with zero attached hydrogens (tertiary/aromatic N) is 6. The van der Waals surface area contributed by atoms with Gasteiger partial charge in [-0.1, -0.05) is 109 Å². The van der Waals surface area contributed by atoms with E-state index in [4.69, 9.17) is 37.9 Å². The lowest BCUT2D eigenvalue weighted by molar-refractivity contribution is 0.414. The van der Waals surface area contributed by atoms with E-state index >= 15 is 0 Å². The van der Waals surface area contributed by atoms with Crippen molar-refractivity contribution < 1.29 is 37.9 Å². The molecule has 0 amide bonds. The summed E-state index contributed by atoms with van der Waals surface area (Å²) < 4.78 is 50.5. The summed E-state index contributed by atoms with van der Waals surface area (Å²) in [5, 5.41) is 4.33. The van der Waals surface area contributed by atoms with Gasteiger partial charge in [-0.25, -0.2) is 0 Å². The van der Waals surface area contributed by atoms with E-state index < -0.39 is 0 Å². The second-order valence-corrected chi connectivity index (χ2v) is 29.0. The van der Waals surface area contributed by atoms with Crippen LogP contribution >= 0.6 is 0 Å². The molecule has 14 nitrogen and oxygen atoms in total. The fourth-order valence-electron chi connectivity index (χ4n) is 16.4. The molecule has 0 fully saturated rings. The van der Waals surface area contributed by atoms with E-state index in [0.29, 0.717) is 0 Å². The van der Waals surface area contributed by atoms with Gasteiger partial charge in [0.2, 0.25) is 0 Å². The monoisotopic (exact) mass is 1570 g/mol. The smallest absolute Gasteiger partial charge is 0.119 e. The highest BCUT2D eigenvalue weighted by molar-refractivity contribution is 6.14. The van der Waals surface area contributed by atoms with Crippen molar-refractivity contribution in [3.63, 3.8) is 0 Å². The second kappa shape index (κ2) is 33.4. The van der Waals surface area contributed by atoms with Crippen molar-refractivity contribution in [1.82, 2.24) is 9.13 Å². The van der Waals surface area contributed by atoms with Crippen LogP contribution in [0, 0.1) is 0 Å². The first-order chi connectivity index (χ1) is 59.1. The third-order valence-electron chi connectivity index (χ3n) is 22.4. The van der Waals surface area contributed by atoms with Gasteiger partial charge in [-0.15, -0.1) is 0 Å². The Morgan fingerprint density at radius 3 is 0.517 bits per heavy atom. The van der Waals surface area contributed by atoms with Crippen LogP contribution in [-0.4, -0.2) is 66.0 Å². The van der Waals surface area contributed by atoms with Crippen LogP contribution in [0.15, 0.2) is 376 Å². The molecule has 18 aromatic rings. The first-order valence-corrected chi connectivity index (χ1v) is 39.7. The summed E-state index contributed by atoms with van der Waals surface area (Å²) in [6.07, 6.45) is 0. The standard InChI is InChI=1S/C106H86N6O8/c1-113-89-47-27-75(28-48-89)107(76-29-49-90(114-2)50-30-76)85-43-63-97-98-64-44-86(108(77-31-51-91(115-3)52-32-77)78-33-53-92(116-4)54-34-78)68-102(98)111(101(97)67-85)83-23-19-73(20-24-83)106(105(71-15-11-9-12-16-71)72-17-13-10-14-18-72)74-21-25-84(26-22-74)112-103-69-87(109(79-35-55-93(117-5)56-36-79)80-37-57-94(118-6)58-38-80)45-65-99(103)100-66-46-88(70-104(100)112)110(81-39-59-95(119-7)60-40-81)82-41-61-96(120-8)62-42-82/h9-70H,1-8H3. The van der Waals surface area contributed by atoms with Crippen molar-refractivity contribution >= 4 is 123 Å². The van der Waals surface area contributed by atoms with Gasteiger partial charge in [-0.05, 0) is 300 Å². The van der Waals surface area contributed by atoms with Crippen molar-refractivity contribution in [3.8, 4) is 57.4 Å². The molecule has 0 saturated heterocycles. The van der Waals surface area contributed by atoms with Gasteiger partial charge in [-0.2, -0.15) is 0 Å². The number of methoxy groups -OCH3 is 8. The van der Waals surface area contributed by atoms with Crippen molar-refractivity contribution in [2.24, 2.45) is 0 Å². The summed E-state index contributed by atoms with van der Waals surface area (Å²) in [5.41, 5.74) is 23.8. The number of rotatable bonds is 26. The van der Waals surface area contributed by atoms with Crippen LogP contribution in [0.5, 0.6) is 46.0 Å². The van der Waals surface area contributed by atoms with E-state index in [1.165, 1.54) is 0 Å². The Morgan fingerprint density at radius 2 is 0.342 bits per heavy atom. The first-order valence-electron chi connectivity index (χ1n) is 39.7. The maximum Gasteiger partial charge on any atom is 0.119 e. The molecule has 0 bridgehead atoms. The molecule has 18 rings (SSSR count). The van der Waals surface area contributed by atoms with E-state index in [1.54, 1.807) is 56.9 Å². The van der Waals surface area contributed by atoms with Gasteiger partial charge in [0.05, 0.1) is 78.9 Å². The molecule has 0 unspecified atom stereocenters. The molecular formula is C106H86N6O8. The summed E-state index contributed by atoms with van der Waals surface area (Å²) >= 11 is 0. The van der Waals surface area contributed by atoms with Gasteiger partial charge in [0, 0.05) is 101 Å². The SMILES string of the molecule is COc1ccc(N(c2ccc(OC)cc2)c2ccc3c4ccc(N(c5ccc(OC)cc5)c5ccc(OC)cc5)cc4n(-c4ccc(C(=C(c5ccccc5)c5ccccc5)c5ccc(-n6c7cc(N(c8ccc(OC)cc8)c8ccc(OC)cc8)ccc7c7ccc(N(c8ccc(OC)cc8)c8ccc(OC)cc8)cc76)cc5)cc4)c3c2)cc1. The lowest BCUT2D eigenvalue weighted by atomic mass is 9.85. The molecule has 0 N–H and O–H groups in total. The maximum atomic E-state index is 5.71. The first kappa shape index (κ1) is 75.8. The van der Waals surface area contributed by atoms with Crippen LogP contribution in [0.3, 0.4) is 0 Å². The van der Waals surface area contributed by atoms with Crippen LogP contribution in [0.4, 0.5) is 68.2 Å². The highest BCUT2D eigenvalue weighted by atomic mass is 16.5. The summed E-state index contributed by atoms with van der Waals surface area (Å²) in [6, 6.07) is 133. The van der Waals surface area contributed by atoms with Crippen molar-refractivity contribution in [2.45, 2.75) is 0 Å². The van der Waals surface area contributed by atoms with Crippen LogP contribution in [-0.2, 0) is 0 Å². The fourth-order valence-corrected chi connectivity index (χ4v) is 16.4. The van der Waals surface area contributed by atoms with Crippen LogP contribution < -0.4 is 57.5 Å². The zero-order valence-electron chi connectivity index (χ0n) is 67.7. The molecule has 0 aliphatic rings. The Kier molecular flexibility index (Phi) is 21.1. The van der Waals surface area contributed by atoms with Crippen LogP contribution in [0.25, 0.3) is 66.1 Å². The van der Waals surface area contributed by atoms with Crippen molar-refractivity contribution in [2.75, 3.05) is 76.5 Å². The summed E-state index contributed by atoms with van der Waals surface area (Å²) in [6.45, 7) is 0. The Labute approximate surface area is 698 Å². The summed E-state index contributed by atoms with van der Waals surface area (Å²) in [7, 11) is 13.6. The third-order valence-corrected chi connectivity index (χ3v) is 22.4. The molecule has 0 spiro atoms. The molecule has 2 heterocycles. The number of aromatic nitrogens is 2. The number of benzene rings is 16. The molecule has 0 saturated carbocycles. The summed E-state index contributed by atoms with van der Waals surface area (Å²) in [5.74, 6) is 6.11. The lowest BCUT2D eigenvalue weighted by Crippen LogP contribution is -2.10. The fraction of sp³-hybridized carbons (Fsp3) is 0.0755. The predicted molar refractivity (Wildman–Crippen MR) is 491 cm³/mol. The normalized spacial score (nSPS) is 11.2. The molecule has 0 aliphatic carbocycles. The minimum Gasteiger partial charge on any atom is -0.497 e. The van der Waals surface area contributed by atoms with Gasteiger partial charge < -0.3 is 66.6 Å². The third kappa shape index (κ3) is 14.6. The topological polar surface area (TPSA) is 96.7 Å². The Hall–Kier alpha value is -15.5. The zero-order chi connectivity index (χ0) is 81.7. The number of anilines is 12. The average molecular weight is 1570 g/mol. The van der Waals surface area contributed by atoms with Gasteiger partial charge in [0.15, 0.2) is 0 Å². The van der Waals surface area contributed by atoms with E-state index in [1.807, 2.05) is 97.1 Å². The summed E-state index contributed by atoms with van der Waals surface area (Å²) in [4.78, 5) is 9.11. The highest BCUT2D eigenvalue weighted by Gasteiger charge is 2.26. The molecule has 16 aromatic carbocycles. The average Bonchev–Trinajstić information content (AvgIpc) is 1.59. The minimum absolute atomic E-state index is 0.764. The minimum atomic E-state index is 0.764. The Morgan fingerprint density at radius 1 is 0.175 bits per heavy atom. The second-order valence-electron chi connectivity index (χ2n) is 29.0. The molecule has 0 aliphatic heterocycles. The van der Waals surface area contributed by atoms with E-state index in [9.17, 15) is 0 Å². The molecule has 14 heteroatoms. The Bertz CT molecular complexity index is 5770. The molecule has 0 atom stereocenters. The molecule has 2 aromatic heterocycles.